The highest BCUT2D eigenvalue weighted by atomic mass is 32.1. The van der Waals surface area contributed by atoms with Crippen LogP contribution in [0.5, 0.6) is 0 Å². The fourth-order valence-electron chi connectivity index (χ4n) is 2.32. The normalized spacial score (nSPS) is 18.1. The first kappa shape index (κ1) is 13.8. The van der Waals surface area contributed by atoms with Crippen molar-refractivity contribution in [2.24, 2.45) is 0 Å². The van der Waals surface area contributed by atoms with Crippen LogP contribution in [0.3, 0.4) is 0 Å². The molecule has 0 aliphatic carbocycles. The van der Waals surface area contributed by atoms with Crippen molar-refractivity contribution in [1.29, 1.82) is 0 Å². The van der Waals surface area contributed by atoms with Gasteiger partial charge in [-0.3, -0.25) is 0 Å². The van der Waals surface area contributed by atoms with Crippen LogP contribution in [-0.4, -0.2) is 50.2 Å². The van der Waals surface area contributed by atoms with Crippen molar-refractivity contribution in [3.8, 4) is 0 Å². The predicted octanol–water partition coefficient (Wildman–Crippen LogP) is 1.57. The van der Waals surface area contributed by atoms with E-state index in [1.165, 1.54) is 28.7 Å². The lowest BCUT2D eigenvalue weighted by Gasteiger charge is -2.19. The van der Waals surface area contributed by atoms with Crippen molar-refractivity contribution in [1.82, 2.24) is 15.2 Å². The smallest absolute Gasteiger partial charge is 0.185 e. The number of likely N-dealkylation sites (N-methyl/N-ethyl adjacent to an activating group) is 1. The number of hydrogen-bond donors (Lipinski definition) is 1. The zero-order chi connectivity index (χ0) is 13.0. The van der Waals surface area contributed by atoms with Crippen molar-refractivity contribution in [3.05, 3.63) is 10.6 Å². The van der Waals surface area contributed by atoms with Gasteiger partial charge in [0.2, 0.25) is 0 Å². The van der Waals surface area contributed by atoms with Gasteiger partial charge in [0.1, 0.15) is 0 Å². The van der Waals surface area contributed by atoms with Gasteiger partial charge in [-0.2, -0.15) is 0 Å². The topological polar surface area (TPSA) is 31.4 Å². The average Bonchev–Trinajstić information content (AvgIpc) is 2.64. The van der Waals surface area contributed by atoms with Gasteiger partial charge in [0.05, 0.1) is 5.69 Å². The van der Waals surface area contributed by atoms with E-state index in [0.717, 1.165) is 32.6 Å². The molecule has 0 aromatic carbocycles. The second kappa shape index (κ2) is 6.50. The van der Waals surface area contributed by atoms with Gasteiger partial charge in [0, 0.05) is 31.1 Å². The Hall–Kier alpha value is -0.650. The van der Waals surface area contributed by atoms with Crippen molar-refractivity contribution in [2.75, 3.05) is 45.2 Å². The third kappa shape index (κ3) is 3.22. The first-order valence-corrected chi connectivity index (χ1v) is 7.63. The van der Waals surface area contributed by atoms with Gasteiger partial charge in [0.15, 0.2) is 5.13 Å². The molecular weight excluding hydrogens is 244 g/mol. The highest BCUT2D eigenvalue weighted by molar-refractivity contribution is 7.15. The first-order valence-electron chi connectivity index (χ1n) is 6.81. The zero-order valence-corrected chi connectivity index (χ0v) is 12.5. The van der Waals surface area contributed by atoms with Crippen LogP contribution in [0.25, 0.3) is 0 Å². The number of hydrogen-bond acceptors (Lipinski definition) is 5. The van der Waals surface area contributed by atoms with Crippen molar-refractivity contribution in [2.45, 2.75) is 26.3 Å². The number of thiazole rings is 1. The fourth-order valence-corrected chi connectivity index (χ4v) is 3.53. The summed E-state index contributed by atoms with van der Waals surface area (Å²) in [6.07, 6.45) is 2.26. The standard InChI is InChI=1S/C13H24N4S/c1-4-11-12(10-14-2)18-13(15-11)17-7-5-6-16(3)8-9-17/h14H,4-10H2,1-3H3. The van der Waals surface area contributed by atoms with Gasteiger partial charge in [-0.15, -0.1) is 11.3 Å². The lowest BCUT2D eigenvalue weighted by atomic mass is 10.3. The van der Waals surface area contributed by atoms with Crippen LogP contribution in [0.1, 0.15) is 23.9 Å². The Bertz CT molecular complexity index is 377. The SMILES string of the molecule is CCc1nc(N2CCCN(C)CC2)sc1CNC. The molecule has 2 heterocycles. The second-order valence-electron chi connectivity index (χ2n) is 4.89. The molecule has 0 amide bonds. The van der Waals surface area contributed by atoms with Crippen LogP contribution >= 0.6 is 11.3 Å². The van der Waals surface area contributed by atoms with Gasteiger partial charge < -0.3 is 15.1 Å². The maximum atomic E-state index is 4.82. The van der Waals surface area contributed by atoms with Gasteiger partial charge >= 0.3 is 0 Å². The van der Waals surface area contributed by atoms with E-state index in [0.29, 0.717) is 0 Å². The van der Waals surface area contributed by atoms with Crippen LogP contribution in [-0.2, 0) is 13.0 Å². The number of aryl methyl sites for hydroxylation is 1. The lowest BCUT2D eigenvalue weighted by Crippen LogP contribution is -2.28. The van der Waals surface area contributed by atoms with E-state index in [4.69, 9.17) is 4.98 Å². The summed E-state index contributed by atoms with van der Waals surface area (Å²) < 4.78 is 0. The summed E-state index contributed by atoms with van der Waals surface area (Å²) >= 11 is 1.86. The van der Waals surface area contributed by atoms with Crippen LogP contribution in [0.15, 0.2) is 0 Å². The first-order chi connectivity index (χ1) is 8.74. The van der Waals surface area contributed by atoms with Gasteiger partial charge in [-0.05, 0) is 33.5 Å². The Morgan fingerprint density at radius 3 is 2.83 bits per heavy atom. The molecule has 0 atom stereocenters. The minimum Gasteiger partial charge on any atom is -0.347 e. The fraction of sp³-hybridized carbons (Fsp3) is 0.769. The van der Waals surface area contributed by atoms with Gasteiger partial charge in [-0.25, -0.2) is 4.98 Å². The average molecular weight is 268 g/mol. The molecule has 0 spiro atoms. The van der Waals surface area contributed by atoms with Crippen LogP contribution < -0.4 is 10.2 Å². The largest absolute Gasteiger partial charge is 0.347 e. The Morgan fingerprint density at radius 1 is 1.28 bits per heavy atom. The molecule has 1 aliphatic rings. The molecule has 0 unspecified atom stereocenters. The third-order valence-corrected chi connectivity index (χ3v) is 4.59. The quantitative estimate of drug-likeness (QED) is 0.898. The zero-order valence-electron chi connectivity index (χ0n) is 11.7. The minimum atomic E-state index is 0.939. The molecule has 0 saturated carbocycles. The summed E-state index contributed by atoms with van der Waals surface area (Å²) in [5.41, 5.74) is 1.27. The maximum absolute atomic E-state index is 4.82. The Balaban J connectivity index is 2.11. The Labute approximate surface area is 114 Å². The van der Waals surface area contributed by atoms with Gasteiger partial charge in [0.25, 0.3) is 0 Å². The molecule has 0 radical (unpaired) electrons. The molecule has 18 heavy (non-hydrogen) atoms. The molecule has 4 nitrogen and oxygen atoms in total. The van der Waals surface area contributed by atoms with E-state index in [1.807, 2.05) is 18.4 Å². The molecule has 1 fully saturated rings. The molecule has 5 heteroatoms. The number of aromatic nitrogens is 1. The maximum Gasteiger partial charge on any atom is 0.185 e. The Morgan fingerprint density at radius 2 is 2.11 bits per heavy atom. The van der Waals surface area contributed by atoms with Crippen LogP contribution in [0, 0.1) is 0 Å². The molecule has 2 rings (SSSR count). The lowest BCUT2D eigenvalue weighted by molar-refractivity contribution is 0.360. The third-order valence-electron chi connectivity index (χ3n) is 3.43. The highest BCUT2D eigenvalue weighted by Gasteiger charge is 2.17. The summed E-state index contributed by atoms with van der Waals surface area (Å²) in [5.74, 6) is 0. The monoisotopic (exact) mass is 268 g/mol. The number of anilines is 1. The van der Waals surface area contributed by atoms with Gasteiger partial charge in [-0.1, -0.05) is 6.92 Å². The minimum absolute atomic E-state index is 0.939. The van der Waals surface area contributed by atoms with E-state index < -0.39 is 0 Å². The predicted molar refractivity (Wildman–Crippen MR) is 78.6 cm³/mol. The number of nitrogens with zero attached hydrogens (tertiary/aromatic N) is 3. The van der Waals surface area contributed by atoms with E-state index in [9.17, 15) is 0 Å². The van der Waals surface area contributed by atoms with E-state index >= 15 is 0 Å². The van der Waals surface area contributed by atoms with Crippen LogP contribution in [0.4, 0.5) is 5.13 Å². The van der Waals surface area contributed by atoms with E-state index in [2.05, 4.69) is 29.1 Å². The summed E-state index contributed by atoms with van der Waals surface area (Å²) in [6.45, 7) is 7.71. The summed E-state index contributed by atoms with van der Waals surface area (Å²) in [5, 5.41) is 4.45. The van der Waals surface area contributed by atoms with E-state index in [1.54, 1.807) is 0 Å². The molecule has 102 valence electrons. The van der Waals surface area contributed by atoms with E-state index in [-0.39, 0.29) is 0 Å². The van der Waals surface area contributed by atoms with Crippen molar-refractivity contribution in [3.63, 3.8) is 0 Å². The number of nitrogens with one attached hydrogen (secondary N) is 1. The van der Waals surface area contributed by atoms with Crippen molar-refractivity contribution >= 4 is 16.5 Å². The summed E-state index contributed by atoms with van der Waals surface area (Å²) in [7, 11) is 4.20. The molecular formula is C13H24N4S. The molecule has 1 N–H and O–H groups in total. The molecule has 1 aromatic rings. The van der Waals surface area contributed by atoms with Crippen LogP contribution in [0.2, 0.25) is 0 Å². The van der Waals surface area contributed by atoms with Crippen molar-refractivity contribution < 1.29 is 0 Å². The molecule has 1 aliphatic heterocycles. The molecule has 1 saturated heterocycles. The summed E-state index contributed by atoms with van der Waals surface area (Å²) in [4.78, 5) is 11.1. The molecule has 0 bridgehead atoms. The second-order valence-corrected chi connectivity index (χ2v) is 5.96. The highest BCUT2D eigenvalue weighted by Crippen LogP contribution is 2.27. The Kier molecular flexibility index (Phi) is 4.97. The number of rotatable bonds is 4. The summed E-state index contributed by atoms with van der Waals surface area (Å²) in [6, 6.07) is 0. The molecule has 1 aromatic heterocycles.